The summed E-state index contributed by atoms with van der Waals surface area (Å²) in [6, 6.07) is 0. The molecule has 0 aliphatic rings. The summed E-state index contributed by atoms with van der Waals surface area (Å²) in [5, 5.41) is 11.9. The molecule has 2 aromatic rings. The maximum absolute atomic E-state index is 5.45. The first-order valence-corrected chi connectivity index (χ1v) is 6.22. The molecular weight excluding hydrogens is 232 g/mol. The van der Waals surface area contributed by atoms with Gasteiger partial charge < -0.3 is 10.3 Å². The van der Waals surface area contributed by atoms with Crippen LogP contribution in [-0.4, -0.2) is 31.7 Å². The van der Waals surface area contributed by atoms with Crippen LogP contribution in [-0.2, 0) is 19.4 Å². The minimum absolute atomic E-state index is 0.455. The van der Waals surface area contributed by atoms with Gasteiger partial charge in [0.25, 0.3) is 0 Å². The van der Waals surface area contributed by atoms with Crippen molar-refractivity contribution in [3.63, 3.8) is 0 Å². The largest absolute Gasteiger partial charge is 0.337 e. The van der Waals surface area contributed by atoms with E-state index in [0.29, 0.717) is 19.0 Å². The van der Waals surface area contributed by atoms with Crippen LogP contribution in [0.25, 0.3) is 0 Å². The lowest BCUT2D eigenvalue weighted by Crippen LogP contribution is -2.03. The predicted molar refractivity (Wildman–Crippen MR) is 64.8 cm³/mol. The number of unbranched alkanes of at least 4 members (excludes halogenated alkanes) is 1. The van der Waals surface area contributed by atoms with Crippen LogP contribution in [0.1, 0.15) is 37.2 Å². The Kier molecular flexibility index (Phi) is 4.40. The Labute approximate surface area is 105 Å². The third kappa shape index (κ3) is 3.36. The first-order chi connectivity index (χ1) is 8.81. The van der Waals surface area contributed by atoms with Gasteiger partial charge in [0.05, 0.1) is 5.69 Å². The van der Waals surface area contributed by atoms with Gasteiger partial charge in [0.2, 0.25) is 5.89 Å². The van der Waals surface area contributed by atoms with Crippen LogP contribution in [0.2, 0.25) is 0 Å². The fraction of sp³-hybridized carbons (Fsp3) is 0.636. The molecule has 0 unspecified atom stereocenters. The highest BCUT2D eigenvalue weighted by molar-refractivity contribution is 4.94. The summed E-state index contributed by atoms with van der Waals surface area (Å²) in [5.41, 5.74) is 6.33. The molecule has 2 heterocycles. The third-order valence-electron chi connectivity index (χ3n) is 2.55. The molecule has 0 atom stereocenters. The third-order valence-corrected chi connectivity index (χ3v) is 2.55. The van der Waals surface area contributed by atoms with Crippen molar-refractivity contribution in [2.24, 2.45) is 5.73 Å². The first kappa shape index (κ1) is 12.7. The van der Waals surface area contributed by atoms with Gasteiger partial charge in [0.15, 0.2) is 5.82 Å². The molecule has 0 aromatic carbocycles. The van der Waals surface area contributed by atoms with Crippen LogP contribution >= 0.6 is 0 Å². The lowest BCUT2D eigenvalue weighted by molar-refractivity contribution is 0.359. The van der Waals surface area contributed by atoms with Gasteiger partial charge in [0, 0.05) is 19.0 Å². The molecule has 7 heteroatoms. The first-order valence-electron chi connectivity index (χ1n) is 6.22. The SMILES string of the molecule is CCCCc1noc(Cn2cc(CCN)nn2)n1. The quantitative estimate of drug-likeness (QED) is 0.771. The number of aryl methyl sites for hydroxylation is 1. The monoisotopic (exact) mass is 250 g/mol. The Morgan fingerprint density at radius 1 is 1.39 bits per heavy atom. The molecule has 0 saturated carbocycles. The summed E-state index contributed by atoms with van der Waals surface area (Å²) >= 11 is 0. The molecule has 0 fully saturated rings. The highest BCUT2D eigenvalue weighted by Crippen LogP contribution is 2.04. The fourth-order valence-corrected chi connectivity index (χ4v) is 1.61. The fourth-order valence-electron chi connectivity index (χ4n) is 1.61. The molecule has 2 rings (SSSR count). The van der Waals surface area contributed by atoms with Gasteiger partial charge in [-0.05, 0) is 13.0 Å². The van der Waals surface area contributed by atoms with Gasteiger partial charge in [-0.25, -0.2) is 4.68 Å². The zero-order valence-corrected chi connectivity index (χ0v) is 10.5. The molecule has 2 N–H and O–H groups in total. The molecule has 0 aliphatic heterocycles. The summed E-state index contributed by atoms with van der Waals surface area (Å²) in [7, 11) is 0. The topological polar surface area (TPSA) is 95.7 Å². The lowest BCUT2D eigenvalue weighted by Gasteiger charge is -1.92. The normalized spacial score (nSPS) is 11.0. The Bertz CT molecular complexity index is 477. The number of nitrogens with two attached hydrogens (primary N) is 1. The van der Waals surface area contributed by atoms with Gasteiger partial charge in [-0.1, -0.05) is 23.7 Å². The van der Waals surface area contributed by atoms with Crippen LogP contribution in [0.4, 0.5) is 0 Å². The maximum atomic E-state index is 5.45. The summed E-state index contributed by atoms with van der Waals surface area (Å²) in [4.78, 5) is 4.31. The Hall–Kier alpha value is -1.76. The van der Waals surface area contributed by atoms with Crippen LogP contribution in [0.5, 0.6) is 0 Å². The average molecular weight is 250 g/mol. The molecule has 18 heavy (non-hydrogen) atoms. The summed E-state index contributed by atoms with van der Waals surface area (Å²) in [5.74, 6) is 1.32. The minimum atomic E-state index is 0.455. The molecule has 0 saturated heterocycles. The number of rotatable bonds is 7. The van der Waals surface area contributed by atoms with E-state index >= 15 is 0 Å². The standard InChI is InChI=1S/C11H18N6O/c1-2-3-4-10-13-11(18-15-10)8-17-7-9(5-6-12)14-16-17/h7H,2-6,8,12H2,1H3. The number of aromatic nitrogens is 5. The second-order valence-electron chi connectivity index (χ2n) is 4.15. The van der Waals surface area contributed by atoms with Crippen molar-refractivity contribution < 1.29 is 4.52 Å². The van der Waals surface area contributed by atoms with E-state index in [0.717, 1.165) is 37.2 Å². The average Bonchev–Trinajstić information content (AvgIpc) is 2.98. The van der Waals surface area contributed by atoms with E-state index in [2.05, 4.69) is 27.4 Å². The van der Waals surface area contributed by atoms with Crippen molar-refractivity contribution >= 4 is 0 Å². The second-order valence-corrected chi connectivity index (χ2v) is 4.15. The van der Waals surface area contributed by atoms with Gasteiger partial charge in [-0.2, -0.15) is 4.98 Å². The van der Waals surface area contributed by atoms with Crippen LogP contribution in [0, 0.1) is 0 Å². The van der Waals surface area contributed by atoms with Gasteiger partial charge >= 0.3 is 0 Å². The van der Waals surface area contributed by atoms with E-state index in [1.54, 1.807) is 4.68 Å². The maximum Gasteiger partial charge on any atom is 0.248 e. The zero-order valence-electron chi connectivity index (χ0n) is 10.5. The van der Waals surface area contributed by atoms with Crippen LogP contribution in [0.3, 0.4) is 0 Å². The van der Waals surface area contributed by atoms with Crippen molar-refractivity contribution in [3.8, 4) is 0 Å². The number of hydrogen-bond acceptors (Lipinski definition) is 6. The molecule has 0 aliphatic carbocycles. The summed E-state index contributed by atoms with van der Waals surface area (Å²) in [6.45, 7) is 3.16. The van der Waals surface area contributed by atoms with E-state index in [9.17, 15) is 0 Å². The summed E-state index contributed by atoms with van der Waals surface area (Å²) < 4.78 is 6.84. The van der Waals surface area contributed by atoms with Gasteiger partial charge in [-0.15, -0.1) is 5.10 Å². The van der Waals surface area contributed by atoms with Gasteiger partial charge in [0.1, 0.15) is 6.54 Å². The molecule has 7 nitrogen and oxygen atoms in total. The highest BCUT2D eigenvalue weighted by atomic mass is 16.5. The van der Waals surface area contributed by atoms with Crippen molar-refractivity contribution in [1.82, 2.24) is 25.1 Å². The Morgan fingerprint density at radius 2 is 2.28 bits per heavy atom. The molecule has 0 amide bonds. The molecule has 98 valence electrons. The number of nitrogens with zero attached hydrogens (tertiary/aromatic N) is 5. The Morgan fingerprint density at radius 3 is 3.06 bits per heavy atom. The van der Waals surface area contributed by atoms with E-state index in [1.165, 1.54) is 0 Å². The predicted octanol–water partition coefficient (Wildman–Crippen LogP) is 0.553. The highest BCUT2D eigenvalue weighted by Gasteiger charge is 2.08. The van der Waals surface area contributed by atoms with E-state index < -0.39 is 0 Å². The van der Waals surface area contributed by atoms with E-state index in [4.69, 9.17) is 10.3 Å². The van der Waals surface area contributed by atoms with E-state index in [1.807, 2.05) is 6.20 Å². The van der Waals surface area contributed by atoms with Crippen LogP contribution < -0.4 is 5.73 Å². The molecular formula is C11H18N6O. The van der Waals surface area contributed by atoms with Gasteiger partial charge in [-0.3, -0.25) is 0 Å². The lowest BCUT2D eigenvalue weighted by atomic mass is 10.2. The second kappa shape index (κ2) is 6.25. The zero-order chi connectivity index (χ0) is 12.8. The minimum Gasteiger partial charge on any atom is -0.337 e. The smallest absolute Gasteiger partial charge is 0.248 e. The van der Waals surface area contributed by atoms with Crippen LogP contribution in [0.15, 0.2) is 10.7 Å². The number of hydrogen-bond donors (Lipinski definition) is 1. The summed E-state index contributed by atoms with van der Waals surface area (Å²) in [6.07, 6.45) is 5.63. The molecule has 0 spiro atoms. The van der Waals surface area contributed by atoms with E-state index in [-0.39, 0.29) is 0 Å². The van der Waals surface area contributed by atoms with Crippen molar-refractivity contribution in [1.29, 1.82) is 0 Å². The Balaban J connectivity index is 1.93. The molecule has 0 bridgehead atoms. The molecule has 2 aromatic heterocycles. The van der Waals surface area contributed by atoms with Crippen molar-refractivity contribution in [2.45, 2.75) is 39.2 Å². The van der Waals surface area contributed by atoms with Crippen molar-refractivity contribution in [3.05, 3.63) is 23.6 Å². The molecule has 0 radical (unpaired) electrons. The van der Waals surface area contributed by atoms with Crippen molar-refractivity contribution in [2.75, 3.05) is 6.54 Å².